The first-order valence-electron chi connectivity index (χ1n) is 14.9. The fourth-order valence-electron chi connectivity index (χ4n) is 5.56. The van der Waals surface area contributed by atoms with E-state index in [1.54, 1.807) is 6.92 Å². The number of carbonyl (C=O) groups excluding carboxylic acids is 1. The Morgan fingerprint density at radius 2 is 1.46 bits per heavy atom. The second-order valence-electron chi connectivity index (χ2n) is 11.4. The summed E-state index contributed by atoms with van der Waals surface area (Å²) in [5.74, 6) is -8.25. The number of carbonyl (C=O) groups is 1. The molecule has 0 aliphatic heterocycles. The number of rotatable bonds is 12. The highest BCUT2D eigenvalue weighted by molar-refractivity contribution is 7.89. The monoisotopic (exact) mass is 684 g/mol. The molecule has 1 N–H and O–H groups in total. The van der Waals surface area contributed by atoms with Crippen LogP contribution in [-0.4, -0.2) is 43.7 Å². The first kappa shape index (κ1) is 35.8. The quantitative estimate of drug-likeness (QED) is 0.123. The van der Waals surface area contributed by atoms with E-state index >= 15 is 0 Å². The minimum Gasteiger partial charge on any atom is -0.324 e. The van der Waals surface area contributed by atoms with E-state index in [1.165, 1.54) is 41.1 Å². The molecule has 1 saturated carbocycles. The van der Waals surface area contributed by atoms with Gasteiger partial charge in [0.05, 0.1) is 25.9 Å². The zero-order valence-corrected chi connectivity index (χ0v) is 27.5. The van der Waals surface area contributed by atoms with E-state index in [9.17, 15) is 40.2 Å². The number of hydrogen-bond donors (Lipinski definition) is 1. The summed E-state index contributed by atoms with van der Waals surface area (Å²) in [6, 6.07) is 13.8. The van der Waals surface area contributed by atoms with Crippen molar-refractivity contribution >= 4 is 29.2 Å². The van der Waals surface area contributed by atoms with Gasteiger partial charge in [0, 0.05) is 18.3 Å². The zero-order valence-electron chi connectivity index (χ0n) is 25.8. The number of hydrogen-bond acceptors (Lipinski definition) is 5. The van der Waals surface area contributed by atoms with Crippen molar-refractivity contribution in [2.45, 2.75) is 69.5 Å². The van der Waals surface area contributed by atoms with E-state index in [0.717, 1.165) is 39.7 Å². The van der Waals surface area contributed by atoms with E-state index in [-0.39, 0.29) is 19.3 Å². The Morgan fingerprint density at radius 1 is 0.913 bits per heavy atom. The van der Waals surface area contributed by atoms with Crippen LogP contribution in [0.15, 0.2) is 53.4 Å². The van der Waals surface area contributed by atoms with Crippen molar-refractivity contribution in [1.82, 2.24) is 4.31 Å². The third-order valence-electron chi connectivity index (χ3n) is 8.13. The number of amides is 1. The van der Waals surface area contributed by atoms with Crippen LogP contribution in [-0.2, 0) is 36.6 Å². The van der Waals surface area contributed by atoms with Crippen LogP contribution in [0.5, 0.6) is 0 Å². The van der Waals surface area contributed by atoms with Crippen LogP contribution in [0.3, 0.4) is 0 Å². The molecular weight excluding hydrogens is 647 g/mol. The van der Waals surface area contributed by atoms with E-state index in [0.29, 0.717) is 27.0 Å². The van der Waals surface area contributed by atoms with Crippen molar-refractivity contribution in [3.05, 3.63) is 94.1 Å². The van der Waals surface area contributed by atoms with Gasteiger partial charge in [0.2, 0.25) is 15.9 Å². The van der Waals surface area contributed by atoms with Crippen molar-refractivity contribution in [1.29, 1.82) is 0 Å². The topological polar surface area (TPSA) is 104 Å². The zero-order chi connectivity index (χ0) is 33.8. The average Bonchev–Trinajstić information content (AvgIpc) is 3.02. The molecule has 0 saturated heterocycles. The van der Waals surface area contributed by atoms with Gasteiger partial charge >= 0.3 is 7.60 Å². The van der Waals surface area contributed by atoms with Crippen molar-refractivity contribution in [3.63, 3.8) is 0 Å². The molecule has 1 fully saturated rings. The van der Waals surface area contributed by atoms with Crippen molar-refractivity contribution in [2.75, 3.05) is 25.1 Å². The Bertz CT molecular complexity index is 1690. The highest BCUT2D eigenvalue weighted by Gasteiger charge is 2.36. The summed E-state index contributed by atoms with van der Waals surface area (Å²) in [6.45, 7) is 1.44. The van der Waals surface area contributed by atoms with Gasteiger partial charge in [-0.15, -0.1) is 0 Å². The minimum atomic E-state index is -5.21. The Hall–Kier alpha value is -3.09. The molecule has 0 bridgehead atoms. The third kappa shape index (κ3) is 8.06. The number of halogens is 4. The van der Waals surface area contributed by atoms with Crippen LogP contribution in [0, 0.1) is 30.2 Å². The van der Waals surface area contributed by atoms with E-state index in [2.05, 4.69) is 0 Å². The number of nitrogens with zero attached hydrogens (tertiary/aromatic N) is 2. The number of benzene rings is 3. The fourth-order valence-corrected chi connectivity index (χ4v) is 7.95. The van der Waals surface area contributed by atoms with Crippen molar-refractivity contribution < 1.29 is 44.8 Å². The molecule has 4 rings (SSSR count). The number of sulfonamides is 1. The predicted molar refractivity (Wildman–Crippen MR) is 166 cm³/mol. The molecular formula is C32H37F4N2O6PS. The minimum absolute atomic E-state index is 0.0229. The lowest BCUT2D eigenvalue weighted by atomic mass is 9.84. The van der Waals surface area contributed by atoms with Crippen LogP contribution in [0.1, 0.15) is 67.2 Å². The second-order valence-corrected chi connectivity index (χ2v) is 15.2. The molecule has 1 atom stereocenters. The van der Waals surface area contributed by atoms with Crippen LogP contribution in [0.4, 0.5) is 23.2 Å². The van der Waals surface area contributed by atoms with Gasteiger partial charge < -0.3 is 14.3 Å². The molecule has 46 heavy (non-hydrogen) atoms. The molecule has 0 heterocycles. The Morgan fingerprint density at radius 3 is 2.00 bits per heavy atom. The first-order valence-corrected chi connectivity index (χ1v) is 18.1. The van der Waals surface area contributed by atoms with Gasteiger partial charge in [-0.3, -0.25) is 9.36 Å². The molecule has 1 aliphatic rings. The predicted octanol–water partition coefficient (Wildman–Crippen LogP) is 7.17. The van der Waals surface area contributed by atoms with Gasteiger partial charge in [0.15, 0.2) is 28.2 Å². The SMILES string of the molecule is CCOP(=O)(O)Cc1ccc(N(Cc2ccc(C3CCCCC3)cc2)C(=O)CN(C)S(=O)(=O)c2c(F)c(F)c(C)c(F)c2F)cc1. The van der Waals surface area contributed by atoms with Gasteiger partial charge in [0.25, 0.3) is 0 Å². The Balaban J connectivity index is 1.63. The van der Waals surface area contributed by atoms with Gasteiger partial charge in [-0.2, -0.15) is 4.31 Å². The largest absolute Gasteiger partial charge is 0.332 e. The maximum atomic E-state index is 14.6. The molecule has 8 nitrogen and oxygen atoms in total. The maximum absolute atomic E-state index is 14.6. The summed E-state index contributed by atoms with van der Waals surface area (Å²) in [6.07, 6.45) is 5.44. The van der Waals surface area contributed by atoms with E-state index in [1.807, 2.05) is 24.3 Å². The number of anilines is 1. The lowest BCUT2D eigenvalue weighted by Gasteiger charge is -2.27. The Labute approximate surface area is 266 Å². The molecule has 1 unspecified atom stereocenters. The molecule has 0 radical (unpaired) electrons. The standard InChI is InChI=1S/C32H37F4N2O6PS/c1-4-44-45(40,41)20-23-12-16-26(17-13-23)38(18-22-10-14-25(15-11-22)24-8-6-5-7-9-24)27(39)19-37(3)46(42,43)32-30(35)28(33)21(2)29(34)31(32)36/h10-17,24H,4-9,18-20H2,1-3H3,(H,40,41). The van der Waals surface area contributed by atoms with Crippen LogP contribution < -0.4 is 4.90 Å². The molecule has 3 aromatic carbocycles. The van der Waals surface area contributed by atoms with Crippen molar-refractivity contribution in [2.24, 2.45) is 0 Å². The molecule has 3 aromatic rings. The van der Waals surface area contributed by atoms with Crippen LogP contribution >= 0.6 is 7.60 Å². The third-order valence-corrected chi connectivity index (χ3v) is 11.4. The van der Waals surface area contributed by atoms with Gasteiger partial charge in [-0.05, 0) is 61.4 Å². The first-order chi connectivity index (χ1) is 21.7. The Kier molecular flexibility index (Phi) is 11.5. The molecule has 0 aromatic heterocycles. The smallest absolute Gasteiger partial charge is 0.324 e. The summed E-state index contributed by atoms with van der Waals surface area (Å²) >= 11 is 0. The lowest BCUT2D eigenvalue weighted by Crippen LogP contribution is -2.41. The van der Waals surface area contributed by atoms with Gasteiger partial charge in [0.1, 0.15) is 0 Å². The van der Waals surface area contributed by atoms with Gasteiger partial charge in [-0.25, -0.2) is 26.0 Å². The second kappa shape index (κ2) is 14.8. The maximum Gasteiger partial charge on any atom is 0.332 e. The average molecular weight is 685 g/mol. The van der Waals surface area contributed by atoms with E-state index < -0.39 is 63.8 Å². The molecule has 1 aliphatic carbocycles. The fraction of sp³-hybridized carbons (Fsp3) is 0.406. The lowest BCUT2D eigenvalue weighted by molar-refractivity contribution is -0.118. The number of likely N-dealkylation sites (N-methyl/N-ethyl adjacent to an activating group) is 1. The summed E-state index contributed by atoms with van der Waals surface area (Å²) in [4.78, 5) is 23.1. The molecule has 14 heteroatoms. The molecule has 0 spiro atoms. The molecule has 250 valence electrons. The summed E-state index contributed by atoms with van der Waals surface area (Å²) < 4.78 is 102. The normalized spacial score (nSPS) is 15.6. The van der Waals surface area contributed by atoms with Crippen molar-refractivity contribution in [3.8, 4) is 0 Å². The van der Waals surface area contributed by atoms with Crippen LogP contribution in [0.25, 0.3) is 0 Å². The van der Waals surface area contributed by atoms with Crippen LogP contribution in [0.2, 0.25) is 0 Å². The summed E-state index contributed by atoms with van der Waals surface area (Å²) in [7, 11) is -8.24. The molecule has 1 amide bonds. The highest BCUT2D eigenvalue weighted by atomic mass is 32.2. The van der Waals surface area contributed by atoms with E-state index in [4.69, 9.17) is 4.52 Å². The summed E-state index contributed by atoms with van der Waals surface area (Å²) in [5, 5.41) is 0. The van der Waals surface area contributed by atoms with Gasteiger partial charge in [-0.1, -0.05) is 55.7 Å². The summed E-state index contributed by atoms with van der Waals surface area (Å²) in [5.41, 5.74) is 1.61. The highest BCUT2D eigenvalue weighted by Crippen LogP contribution is 2.45.